The summed E-state index contributed by atoms with van der Waals surface area (Å²) in [5, 5.41) is 39.3. The average molecular weight is 282 g/mol. The number of hydrogen-bond acceptors (Lipinski definition) is 6. The van der Waals surface area contributed by atoms with Gasteiger partial charge < -0.3 is 29.3 Å². The lowest BCUT2D eigenvalue weighted by molar-refractivity contribution is -0.0403. The molecule has 0 fully saturated rings. The molecule has 4 atom stereocenters. The van der Waals surface area contributed by atoms with Gasteiger partial charge in [-0.3, -0.25) is 0 Å². The molecule has 0 aliphatic carbocycles. The Bertz CT molecular complexity index is 432. The van der Waals surface area contributed by atoms with Crippen molar-refractivity contribution in [3.63, 3.8) is 0 Å². The highest BCUT2D eigenvalue weighted by molar-refractivity contribution is 5.04. The van der Waals surface area contributed by atoms with Gasteiger partial charge in [0.05, 0.1) is 24.7 Å². The molecule has 2 aromatic heterocycles. The standard InChI is InChI=1S/C14H18O6/c15-9(7-11(17)13-3-1-5-19-13)10(16)8-12(18)14-4-2-6-20-14/h1-6,9-12,15-18H,7-8H2/t9-,10-,11-,12+/m0/s1. The zero-order valence-corrected chi connectivity index (χ0v) is 10.8. The van der Waals surface area contributed by atoms with Gasteiger partial charge in [0.2, 0.25) is 0 Å². The molecule has 2 heterocycles. The summed E-state index contributed by atoms with van der Waals surface area (Å²) in [5.41, 5.74) is 0. The van der Waals surface area contributed by atoms with Gasteiger partial charge in [-0.05, 0) is 24.3 Å². The van der Waals surface area contributed by atoms with Crippen molar-refractivity contribution < 1.29 is 29.3 Å². The SMILES string of the molecule is O[C@H](C[C@H](O)[C@@H](O)C[C@H](O)c1ccco1)c1ccco1. The lowest BCUT2D eigenvalue weighted by Gasteiger charge is -2.21. The van der Waals surface area contributed by atoms with Crippen LogP contribution in [0.2, 0.25) is 0 Å². The topological polar surface area (TPSA) is 107 Å². The molecule has 0 spiro atoms. The predicted molar refractivity (Wildman–Crippen MR) is 68.6 cm³/mol. The first-order chi connectivity index (χ1) is 9.58. The predicted octanol–water partition coefficient (Wildman–Crippen LogP) is 1.14. The Morgan fingerprint density at radius 3 is 1.45 bits per heavy atom. The van der Waals surface area contributed by atoms with Gasteiger partial charge in [0.15, 0.2) is 0 Å². The monoisotopic (exact) mass is 282 g/mol. The summed E-state index contributed by atoms with van der Waals surface area (Å²) in [5.74, 6) is 0.644. The number of aliphatic hydroxyl groups is 4. The van der Waals surface area contributed by atoms with E-state index in [0.29, 0.717) is 11.5 Å². The van der Waals surface area contributed by atoms with Crippen LogP contribution in [-0.2, 0) is 0 Å². The van der Waals surface area contributed by atoms with E-state index in [1.165, 1.54) is 12.5 Å². The second-order valence-corrected chi connectivity index (χ2v) is 4.67. The third kappa shape index (κ3) is 3.71. The fraction of sp³-hybridized carbons (Fsp3) is 0.429. The summed E-state index contributed by atoms with van der Waals surface area (Å²) >= 11 is 0. The first-order valence-electron chi connectivity index (χ1n) is 6.37. The van der Waals surface area contributed by atoms with E-state index in [4.69, 9.17) is 8.83 Å². The smallest absolute Gasteiger partial charge is 0.132 e. The van der Waals surface area contributed by atoms with Crippen molar-refractivity contribution in [3.8, 4) is 0 Å². The van der Waals surface area contributed by atoms with Crippen LogP contribution in [0.15, 0.2) is 45.6 Å². The minimum Gasteiger partial charge on any atom is -0.467 e. The first kappa shape index (κ1) is 14.8. The van der Waals surface area contributed by atoms with Gasteiger partial charge in [-0.25, -0.2) is 0 Å². The lowest BCUT2D eigenvalue weighted by Crippen LogP contribution is -2.29. The Kier molecular flexibility index (Phi) is 4.97. The molecule has 2 rings (SSSR count). The summed E-state index contributed by atoms with van der Waals surface area (Å²) in [4.78, 5) is 0. The molecule has 6 nitrogen and oxygen atoms in total. The molecule has 0 aliphatic rings. The van der Waals surface area contributed by atoms with E-state index >= 15 is 0 Å². The lowest BCUT2D eigenvalue weighted by atomic mass is 9.99. The number of aliphatic hydroxyl groups excluding tert-OH is 4. The summed E-state index contributed by atoms with van der Waals surface area (Å²) in [7, 11) is 0. The summed E-state index contributed by atoms with van der Waals surface area (Å²) in [6.07, 6.45) is -1.70. The normalized spacial score (nSPS) is 17.6. The van der Waals surface area contributed by atoms with Gasteiger partial charge in [0.1, 0.15) is 23.7 Å². The molecular formula is C14H18O6. The van der Waals surface area contributed by atoms with Gasteiger partial charge in [-0.15, -0.1) is 0 Å². The van der Waals surface area contributed by atoms with Crippen LogP contribution in [0.1, 0.15) is 36.6 Å². The van der Waals surface area contributed by atoms with Crippen LogP contribution in [0.3, 0.4) is 0 Å². The van der Waals surface area contributed by atoms with E-state index in [9.17, 15) is 20.4 Å². The third-order valence-electron chi connectivity index (χ3n) is 3.12. The van der Waals surface area contributed by atoms with Gasteiger partial charge in [-0.2, -0.15) is 0 Å². The second kappa shape index (κ2) is 6.71. The fourth-order valence-corrected chi connectivity index (χ4v) is 1.97. The van der Waals surface area contributed by atoms with Crippen molar-refractivity contribution in [1.82, 2.24) is 0 Å². The Hall–Kier alpha value is -1.60. The molecule has 0 saturated heterocycles. The van der Waals surface area contributed by atoms with Crippen LogP contribution >= 0.6 is 0 Å². The van der Waals surface area contributed by atoms with Crippen LogP contribution in [0, 0.1) is 0 Å². The Labute approximate surface area is 115 Å². The average Bonchev–Trinajstić information content (AvgIpc) is 3.11. The maximum absolute atomic E-state index is 9.84. The van der Waals surface area contributed by atoms with Gasteiger partial charge in [-0.1, -0.05) is 0 Å². The third-order valence-corrected chi connectivity index (χ3v) is 3.12. The van der Waals surface area contributed by atoms with E-state index in [0.717, 1.165) is 0 Å². The molecular weight excluding hydrogens is 264 g/mol. The Morgan fingerprint density at radius 2 is 1.15 bits per heavy atom. The van der Waals surface area contributed by atoms with Crippen molar-refractivity contribution >= 4 is 0 Å². The van der Waals surface area contributed by atoms with Gasteiger partial charge >= 0.3 is 0 Å². The highest BCUT2D eigenvalue weighted by atomic mass is 16.4. The van der Waals surface area contributed by atoms with Crippen molar-refractivity contribution in [2.75, 3.05) is 0 Å². The molecule has 20 heavy (non-hydrogen) atoms. The van der Waals surface area contributed by atoms with Crippen molar-refractivity contribution in [2.45, 2.75) is 37.3 Å². The number of rotatable bonds is 7. The Morgan fingerprint density at radius 1 is 0.750 bits per heavy atom. The van der Waals surface area contributed by atoms with E-state index in [1.807, 2.05) is 0 Å². The van der Waals surface area contributed by atoms with E-state index < -0.39 is 24.4 Å². The molecule has 4 N–H and O–H groups in total. The molecule has 0 aromatic carbocycles. The Balaban J connectivity index is 1.84. The molecule has 0 radical (unpaired) electrons. The van der Waals surface area contributed by atoms with Crippen LogP contribution in [-0.4, -0.2) is 32.6 Å². The van der Waals surface area contributed by atoms with E-state index in [-0.39, 0.29) is 12.8 Å². The van der Waals surface area contributed by atoms with E-state index in [2.05, 4.69) is 0 Å². The van der Waals surface area contributed by atoms with Crippen LogP contribution in [0.25, 0.3) is 0 Å². The van der Waals surface area contributed by atoms with Crippen LogP contribution < -0.4 is 0 Å². The number of hydrogen-bond donors (Lipinski definition) is 4. The summed E-state index contributed by atoms with van der Waals surface area (Å²) in [6.45, 7) is 0. The second-order valence-electron chi connectivity index (χ2n) is 4.67. The van der Waals surface area contributed by atoms with Crippen molar-refractivity contribution in [2.24, 2.45) is 0 Å². The zero-order valence-electron chi connectivity index (χ0n) is 10.8. The minimum atomic E-state index is -1.18. The molecule has 6 heteroatoms. The number of furan rings is 2. The van der Waals surface area contributed by atoms with E-state index in [1.54, 1.807) is 24.3 Å². The molecule has 2 aromatic rings. The minimum absolute atomic E-state index is 0.0838. The van der Waals surface area contributed by atoms with Crippen LogP contribution in [0.4, 0.5) is 0 Å². The largest absolute Gasteiger partial charge is 0.467 e. The zero-order chi connectivity index (χ0) is 14.5. The fourth-order valence-electron chi connectivity index (χ4n) is 1.97. The van der Waals surface area contributed by atoms with Gasteiger partial charge in [0, 0.05) is 12.8 Å². The van der Waals surface area contributed by atoms with Crippen molar-refractivity contribution in [3.05, 3.63) is 48.3 Å². The molecule has 110 valence electrons. The summed E-state index contributed by atoms with van der Waals surface area (Å²) in [6, 6.07) is 6.42. The maximum atomic E-state index is 9.84. The van der Waals surface area contributed by atoms with Crippen LogP contribution in [0.5, 0.6) is 0 Å². The van der Waals surface area contributed by atoms with Gasteiger partial charge in [0.25, 0.3) is 0 Å². The highest BCUT2D eigenvalue weighted by Gasteiger charge is 2.25. The molecule has 0 unspecified atom stereocenters. The summed E-state index contributed by atoms with van der Waals surface area (Å²) < 4.78 is 10.0. The van der Waals surface area contributed by atoms with Crippen molar-refractivity contribution in [1.29, 1.82) is 0 Å². The molecule has 0 bridgehead atoms. The first-order valence-corrected chi connectivity index (χ1v) is 6.37. The maximum Gasteiger partial charge on any atom is 0.132 e. The molecule has 0 amide bonds. The highest BCUT2D eigenvalue weighted by Crippen LogP contribution is 2.24. The quantitative estimate of drug-likeness (QED) is 0.606. The molecule has 0 saturated carbocycles. The molecule has 0 aliphatic heterocycles.